The number of hydrogen-bond acceptors (Lipinski definition) is 5. The van der Waals surface area contributed by atoms with E-state index < -0.39 is 0 Å². The molecule has 1 aromatic heterocycles. The number of hydrogen-bond donors (Lipinski definition) is 1. The van der Waals surface area contributed by atoms with Crippen LogP contribution in [0.25, 0.3) is 0 Å². The lowest BCUT2D eigenvalue weighted by molar-refractivity contribution is -0.118. The molecule has 5 aliphatic rings. The van der Waals surface area contributed by atoms with E-state index in [2.05, 4.69) is 17.1 Å². The molecule has 5 nitrogen and oxygen atoms in total. The lowest BCUT2D eigenvalue weighted by atomic mass is 9.48. The van der Waals surface area contributed by atoms with E-state index in [9.17, 15) is 4.79 Å². The van der Waals surface area contributed by atoms with Gasteiger partial charge in [-0.2, -0.15) is 0 Å². The summed E-state index contributed by atoms with van der Waals surface area (Å²) in [5, 5.41) is 3.87. The predicted molar refractivity (Wildman–Crippen MR) is 103 cm³/mol. The van der Waals surface area contributed by atoms with Crippen LogP contribution < -0.4 is 5.32 Å². The SMILES string of the molecule is Cc1sc(NC(=O)CN2CCOCC2)nc1C12CC3CC(CC(C3)C1)C2. The van der Waals surface area contributed by atoms with Gasteiger partial charge in [-0.05, 0) is 63.2 Å². The van der Waals surface area contributed by atoms with Crippen LogP contribution in [-0.4, -0.2) is 48.6 Å². The summed E-state index contributed by atoms with van der Waals surface area (Å²) in [5.74, 6) is 2.81. The second-order valence-electron chi connectivity index (χ2n) is 9.06. The summed E-state index contributed by atoms with van der Waals surface area (Å²) in [5.41, 5.74) is 1.62. The summed E-state index contributed by atoms with van der Waals surface area (Å²) >= 11 is 1.67. The molecular formula is C20H29N3O2S. The van der Waals surface area contributed by atoms with Crippen LogP contribution in [0.5, 0.6) is 0 Å². The molecule has 4 aliphatic carbocycles. The fourth-order valence-electron chi connectivity index (χ4n) is 6.46. The van der Waals surface area contributed by atoms with Gasteiger partial charge >= 0.3 is 0 Å². The fourth-order valence-corrected chi connectivity index (χ4v) is 7.41. The highest BCUT2D eigenvalue weighted by Crippen LogP contribution is 2.61. The molecule has 1 saturated heterocycles. The Labute approximate surface area is 159 Å². The molecule has 1 N–H and O–H groups in total. The smallest absolute Gasteiger partial charge is 0.240 e. The van der Waals surface area contributed by atoms with Gasteiger partial charge in [0.05, 0.1) is 25.5 Å². The van der Waals surface area contributed by atoms with E-state index in [1.54, 1.807) is 11.3 Å². The molecule has 1 aromatic rings. The zero-order valence-electron chi connectivity index (χ0n) is 15.6. The van der Waals surface area contributed by atoms with Crippen molar-refractivity contribution in [3.8, 4) is 0 Å². The number of anilines is 1. The first kappa shape index (κ1) is 17.1. The van der Waals surface area contributed by atoms with E-state index in [0.717, 1.165) is 49.2 Å². The van der Waals surface area contributed by atoms with Crippen LogP contribution in [0, 0.1) is 24.7 Å². The van der Waals surface area contributed by atoms with Gasteiger partial charge in [-0.3, -0.25) is 9.69 Å². The number of aromatic nitrogens is 1. The highest BCUT2D eigenvalue weighted by Gasteiger charge is 2.53. The summed E-state index contributed by atoms with van der Waals surface area (Å²) in [4.78, 5) is 20.9. The molecule has 0 atom stereocenters. The first-order valence-corrected chi connectivity index (χ1v) is 11.0. The van der Waals surface area contributed by atoms with Crippen molar-refractivity contribution in [3.63, 3.8) is 0 Å². The summed E-state index contributed by atoms with van der Waals surface area (Å²) < 4.78 is 5.35. The number of morpholine rings is 1. The Morgan fingerprint density at radius 2 is 1.81 bits per heavy atom. The zero-order chi connectivity index (χ0) is 17.7. The summed E-state index contributed by atoms with van der Waals surface area (Å²) in [6.07, 6.45) is 8.32. The standard InChI is InChI=1S/C20H29N3O2S/c1-13-18(20-9-14-6-15(10-20)8-16(7-14)11-20)22-19(26-13)21-17(24)12-23-2-4-25-5-3-23/h14-16H,2-12H2,1H3,(H,21,22,24). The molecule has 5 fully saturated rings. The average Bonchev–Trinajstić information content (AvgIpc) is 2.95. The largest absolute Gasteiger partial charge is 0.379 e. The van der Waals surface area contributed by atoms with Crippen LogP contribution in [0.4, 0.5) is 5.13 Å². The zero-order valence-corrected chi connectivity index (χ0v) is 16.4. The van der Waals surface area contributed by atoms with Crippen molar-refractivity contribution in [2.75, 3.05) is 38.2 Å². The second kappa shape index (κ2) is 6.57. The van der Waals surface area contributed by atoms with Crippen LogP contribution in [0.2, 0.25) is 0 Å². The lowest BCUT2D eigenvalue weighted by Gasteiger charge is -2.56. The fraction of sp³-hybridized carbons (Fsp3) is 0.800. The number of thiazole rings is 1. The minimum Gasteiger partial charge on any atom is -0.379 e. The Morgan fingerprint density at radius 1 is 1.19 bits per heavy atom. The molecule has 6 rings (SSSR count). The van der Waals surface area contributed by atoms with Crippen LogP contribution in [-0.2, 0) is 14.9 Å². The van der Waals surface area contributed by atoms with Crippen LogP contribution in [0.15, 0.2) is 0 Å². The predicted octanol–water partition coefficient (Wildman–Crippen LogP) is 3.19. The maximum absolute atomic E-state index is 12.4. The normalized spacial score (nSPS) is 36.4. The Bertz CT molecular complexity index is 660. The van der Waals surface area contributed by atoms with Gasteiger partial charge in [0.1, 0.15) is 0 Å². The minimum atomic E-state index is 0.0534. The second-order valence-corrected chi connectivity index (χ2v) is 10.3. The number of aryl methyl sites for hydroxylation is 1. The highest BCUT2D eigenvalue weighted by molar-refractivity contribution is 7.15. The average molecular weight is 376 g/mol. The topological polar surface area (TPSA) is 54.5 Å². The Kier molecular flexibility index (Phi) is 4.33. The minimum absolute atomic E-state index is 0.0534. The van der Waals surface area contributed by atoms with Crippen molar-refractivity contribution in [1.82, 2.24) is 9.88 Å². The third-order valence-corrected chi connectivity index (χ3v) is 7.94. The van der Waals surface area contributed by atoms with E-state index in [1.165, 1.54) is 49.1 Å². The summed E-state index contributed by atoms with van der Waals surface area (Å²) in [6.45, 7) is 5.75. The van der Waals surface area contributed by atoms with Crippen molar-refractivity contribution in [2.45, 2.75) is 50.9 Å². The number of ether oxygens (including phenoxy) is 1. The molecule has 142 valence electrons. The van der Waals surface area contributed by atoms with E-state index >= 15 is 0 Å². The number of nitrogens with one attached hydrogen (secondary N) is 1. The first-order chi connectivity index (χ1) is 12.6. The van der Waals surface area contributed by atoms with Gasteiger partial charge < -0.3 is 10.1 Å². The Hall–Kier alpha value is -0.980. The molecule has 6 heteroatoms. The third kappa shape index (κ3) is 3.10. The molecule has 4 saturated carbocycles. The number of rotatable bonds is 4. The summed E-state index contributed by atoms with van der Waals surface area (Å²) in [6, 6.07) is 0. The van der Waals surface area contributed by atoms with Crippen LogP contribution in [0.1, 0.15) is 49.1 Å². The quantitative estimate of drug-likeness (QED) is 0.878. The molecule has 0 aromatic carbocycles. The Morgan fingerprint density at radius 3 is 2.42 bits per heavy atom. The number of nitrogens with zero attached hydrogens (tertiary/aromatic N) is 2. The maximum Gasteiger partial charge on any atom is 0.240 e. The lowest BCUT2D eigenvalue weighted by Crippen LogP contribution is -2.49. The molecule has 4 bridgehead atoms. The summed E-state index contributed by atoms with van der Waals surface area (Å²) in [7, 11) is 0. The third-order valence-electron chi connectivity index (χ3n) is 7.05. The van der Waals surface area contributed by atoms with E-state index in [1.807, 2.05) is 0 Å². The molecule has 1 aliphatic heterocycles. The van der Waals surface area contributed by atoms with Crippen molar-refractivity contribution in [3.05, 3.63) is 10.6 Å². The van der Waals surface area contributed by atoms with E-state index in [-0.39, 0.29) is 5.91 Å². The molecule has 0 radical (unpaired) electrons. The molecule has 26 heavy (non-hydrogen) atoms. The maximum atomic E-state index is 12.4. The van der Waals surface area contributed by atoms with Gasteiger partial charge in [0.15, 0.2) is 5.13 Å². The molecule has 0 unspecified atom stereocenters. The van der Waals surface area contributed by atoms with Gasteiger partial charge in [-0.25, -0.2) is 4.98 Å². The molecule has 0 spiro atoms. The van der Waals surface area contributed by atoms with Gasteiger partial charge in [0.25, 0.3) is 0 Å². The monoisotopic (exact) mass is 375 g/mol. The van der Waals surface area contributed by atoms with E-state index in [0.29, 0.717) is 12.0 Å². The van der Waals surface area contributed by atoms with Crippen molar-refractivity contribution >= 4 is 22.4 Å². The van der Waals surface area contributed by atoms with Crippen molar-refractivity contribution in [1.29, 1.82) is 0 Å². The van der Waals surface area contributed by atoms with Gasteiger partial charge in [-0.1, -0.05) is 0 Å². The van der Waals surface area contributed by atoms with Crippen LogP contribution >= 0.6 is 11.3 Å². The van der Waals surface area contributed by atoms with Crippen molar-refractivity contribution in [2.24, 2.45) is 17.8 Å². The molecular weight excluding hydrogens is 346 g/mol. The molecule has 2 heterocycles. The number of carbonyl (C=O) groups is 1. The van der Waals surface area contributed by atoms with E-state index in [4.69, 9.17) is 9.72 Å². The number of carbonyl (C=O) groups excluding carboxylic acids is 1. The Balaban J connectivity index is 1.30. The first-order valence-electron chi connectivity index (χ1n) is 10.2. The van der Waals surface area contributed by atoms with Crippen molar-refractivity contribution < 1.29 is 9.53 Å². The van der Waals surface area contributed by atoms with Gasteiger partial charge in [0.2, 0.25) is 5.91 Å². The van der Waals surface area contributed by atoms with Gasteiger partial charge in [0, 0.05) is 23.4 Å². The number of amides is 1. The molecule has 1 amide bonds. The van der Waals surface area contributed by atoms with Gasteiger partial charge in [-0.15, -0.1) is 11.3 Å². The highest BCUT2D eigenvalue weighted by atomic mass is 32.1. The van der Waals surface area contributed by atoms with Crippen LogP contribution in [0.3, 0.4) is 0 Å².